The first-order chi connectivity index (χ1) is 11.2. The van der Waals surface area contributed by atoms with Gasteiger partial charge in [-0.3, -0.25) is 4.99 Å². The second-order valence-corrected chi connectivity index (χ2v) is 5.99. The third-order valence-electron chi connectivity index (χ3n) is 4.32. The molecule has 2 aromatic heterocycles. The van der Waals surface area contributed by atoms with E-state index in [2.05, 4.69) is 48.1 Å². The molecule has 1 atom stereocenters. The third kappa shape index (κ3) is 2.27. The summed E-state index contributed by atoms with van der Waals surface area (Å²) in [6, 6.07) is 12.4. The van der Waals surface area contributed by atoms with E-state index in [0.717, 1.165) is 34.1 Å². The van der Waals surface area contributed by atoms with Crippen molar-refractivity contribution in [1.82, 2.24) is 9.97 Å². The van der Waals surface area contributed by atoms with Crippen LogP contribution < -0.4 is 0 Å². The molecule has 2 N–H and O–H groups in total. The van der Waals surface area contributed by atoms with Gasteiger partial charge in [0.05, 0.1) is 24.2 Å². The Hall–Kier alpha value is -2.75. The van der Waals surface area contributed by atoms with Gasteiger partial charge < -0.3 is 14.7 Å². The Kier molecular flexibility index (Phi) is 3.11. The van der Waals surface area contributed by atoms with Crippen LogP contribution in [0.3, 0.4) is 0 Å². The van der Waals surface area contributed by atoms with E-state index in [-0.39, 0.29) is 6.04 Å². The number of aromatic amines is 2. The summed E-state index contributed by atoms with van der Waals surface area (Å²) in [5.74, 6) is 0.864. The van der Waals surface area contributed by atoms with E-state index in [4.69, 9.17) is 9.73 Å². The highest BCUT2D eigenvalue weighted by molar-refractivity contribution is 6.11. The van der Waals surface area contributed by atoms with E-state index in [0.29, 0.717) is 0 Å². The first-order valence-electron chi connectivity index (χ1n) is 7.73. The van der Waals surface area contributed by atoms with E-state index in [1.54, 1.807) is 7.11 Å². The van der Waals surface area contributed by atoms with Crippen molar-refractivity contribution in [3.63, 3.8) is 0 Å². The summed E-state index contributed by atoms with van der Waals surface area (Å²) < 4.78 is 5.58. The fourth-order valence-corrected chi connectivity index (χ4v) is 3.22. The van der Waals surface area contributed by atoms with E-state index in [1.165, 1.54) is 10.9 Å². The van der Waals surface area contributed by atoms with Crippen LogP contribution >= 0.6 is 0 Å². The lowest BCUT2D eigenvalue weighted by Gasteiger charge is -2.11. The van der Waals surface area contributed by atoms with Crippen molar-refractivity contribution in [3.8, 4) is 0 Å². The largest absolute Gasteiger partial charge is 0.498 e. The molecule has 0 radical (unpaired) electrons. The summed E-state index contributed by atoms with van der Waals surface area (Å²) in [5.41, 5.74) is 6.51. The number of allylic oxidation sites excluding steroid dienone is 1. The minimum Gasteiger partial charge on any atom is -0.498 e. The molecule has 0 saturated heterocycles. The van der Waals surface area contributed by atoms with Gasteiger partial charge >= 0.3 is 0 Å². The molecule has 1 unspecified atom stereocenters. The van der Waals surface area contributed by atoms with Crippen LogP contribution in [0, 0.1) is 13.8 Å². The van der Waals surface area contributed by atoms with Gasteiger partial charge in [0.1, 0.15) is 11.8 Å². The molecule has 3 heterocycles. The molecule has 1 aliphatic rings. The van der Waals surface area contributed by atoms with Crippen molar-refractivity contribution in [3.05, 3.63) is 70.9 Å². The van der Waals surface area contributed by atoms with Crippen molar-refractivity contribution in [2.24, 2.45) is 4.99 Å². The molecule has 0 saturated carbocycles. The molecule has 116 valence electrons. The van der Waals surface area contributed by atoms with Crippen LogP contribution in [0.5, 0.6) is 0 Å². The number of fused-ring (bicyclic) bond motifs is 1. The number of para-hydroxylation sites is 1. The smallest absolute Gasteiger partial charge is 0.148 e. The van der Waals surface area contributed by atoms with Crippen LogP contribution in [-0.2, 0) is 4.74 Å². The average Bonchev–Trinajstić information content (AvgIpc) is 3.22. The van der Waals surface area contributed by atoms with Crippen molar-refractivity contribution in [1.29, 1.82) is 0 Å². The highest BCUT2D eigenvalue weighted by Crippen LogP contribution is 2.34. The lowest BCUT2D eigenvalue weighted by atomic mass is 10.1. The standard InChI is InChI=1S/C19H19N3O/c1-11-8-12(2)20-18(11)19-17(23-3)10-16(22-19)15-9-13-6-4-5-7-14(13)21-15/h4-10,19-21H,1-3H3. The number of benzene rings is 1. The monoisotopic (exact) mass is 305 g/mol. The summed E-state index contributed by atoms with van der Waals surface area (Å²) in [4.78, 5) is 11.7. The Balaban J connectivity index is 1.78. The molecule has 0 aliphatic carbocycles. The highest BCUT2D eigenvalue weighted by Gasteiger charge is 2.27. The summed E-state index contributed by atoms with van der Waals surface area (Å²) >= 11 is 0. The molecule has 0 amide bonds. The molecule has 23 heavy (non-hydrogen) atoms. The maximum atomic E-state index is 5.58. The van der Waals surface area contributed by atoms with Crippen LogP contribution in [0.1, 0.15) is 28.7 Å². The van der Waals surface area contributed by atoms with E-state index < -0.39 is 0 Å². The SMILES string of the molecule is COC1=CC(c2cc3ccccc3[nH]2)=NC1c1[nH]c(C)cc1C. The normalized spacial score (nSPS) is 17.4. The van der Waals surface area contributed by atoms with Gasteiger partial charge in [-0.05, 0) is 37.6 Å². The maximum absolute atomic E-state index is 5.58. The zero-order chi connectivity index (χ0) is 16.0. The number of H-pyrrole nitrogens is 2. The Labute approximate surface area is 134 Å². The van der Waals surface area contributed by atoms with Crippen molar-refractivity contribution in [2.45, 2.75) is 19.9 Å². The van der Waals surface area contributed by atoms with Crippen molar-refractivity contribution >= 4 is 16.6 Å². The lowest BCUT2D eigenvalue weighted by molar-refractivity contribution is 0.268. The fourth-order valence-electron chi connectivity index (χ4n) is 3.22. The zero-order valence-corrected chi connectivity index (χ0v) is 13.5. The van der Waals surface area contributed by atoms with Crippen LogP contribution in [0.4, 0.5) is 0 Å². The molecule has 4 rings (SSSR count). The van der Waals surface area contributed by atoms with Gasteiger partial charge in [-0.2, -0.15) is 0 Å². The van der Waals surface area contributed by atoms with Gasteiger partial charge in [-0.1, -0.05) is 18.2 Å². The molecule has 4 heteroatoms. The number of nitrogens with zero attached hydrogens (tertiary/aromatic N) is 1. The Bertz CT molecular complexity index is 910. The quantitative estimate of drug-likeness (QED) is 0.749. The minimum absolute atomic E-state index is 0.102. The maximum Gasteiger partial charge on any atom is 0.148 e. The average molecular weight is 305 g/mol. The molecule has 1 aromatic carbocycles. The Morgan fingerprint density at radius 3 is 2.61 bits per heavy atom. The van der Waals surface area contributed by atoms with Crippen LogP contribution in [0.15, 0.2) is 53.2 Å². The topological polar surface area (TPSA) is 53.2 Å². The van der Waals surface area contributed by atoms with Crippen LogP contribution in [-0.4, -0.2) is 22.8 Å². The molecular weight excluding hydrogens is 286 g/mol. The number of hydrogen-bond donors (Lipinski definition) is 2. The molecule has 0 fully saturated rings. The molecular formula is C19H19N3O. The summed E-state index contributed by atoms with van der Waals surface area (Å²) in [6.07, 6.45) is 2.02. The van der Waals surface area contributed by atoms with Gasteiger partial charge in [0.25, 0.3) is 0 Å². The Morgan fingerprint density at radius 1 is 1.09 bits per heavy atom. The van der Waals surface area contributed by atoms with Gasteiger partial charge in [-0.15, -0.1) is 0 Å². The number of methoxy groups -OCH3 is 1. The number of hydrogen-bond acceptors (Lipinski definition) is 2. The van der Waals surface area contributed by atoms with Crippen molar-refractivity contribution < 1.29 is 4.74 Å². The first kappa shape index (κ1) is 13.9. The second-order valence-electron chi connectivity index (χ2n) is 5.99. The highest BCUT2D eigenvalue weighted by atomic mass is 16.5. The van der Waals surface area contributed by atoms with Gasteiger partial charge in [-0.25, -0.2) is 0 Å². The summed E-state index contributed by atoms with van der Waals surface area (Å²) in [7, 11) is 1.70. The Morgan fingerprint density at radius 2 is 1.91 bits per heavy atom. The third-order valence-corrected chi connectivity index (χ3v) is 4.32. The first-order valence-corrected chi connectivity index (χ1v) is 7.73. The molecule has 4 nitrogen and oxygen atoms in total. The molecule has 0 spiro atoms. The summed E-state index contributed by atoms with van der Waals surface area (Å²) in [5, 5.41) is 1.19. The van der Waals surface area contributed by atoms with E-state index >= 15 is 0 Å². The predicted octanol–water partition coefficient (Wildman–Crippen LogP) is 4.19. The molecule has 3 aromatic rings. The van der Waals surface area contributed by atoms with Gasteiger partial charge in [0.2, 0.25) is 0 Å². The number of rotatable bonds is 3. The molecule has 1 aliphatic heterocycles. The zero-order valence-electron chi connectivity index (χ0n) is 13.5. The van der Waals surface area contributed by atoms with Crippen LogP contribution in [0.25, 0.3) is 10.9 Å². The fraction of sp³-hybridized carbons (Fsp3) is 0.211. The lowest BCUT2D eigenvalue weighted by Crippen LogP contribution is -2.01. The number of aryl methyl sites for hydroxylation is 2. The van der Waals surface area contributed by atoms with Gasteiger partial charge in [0.15, 0.2) is 0 Å². The molecule has 0 bridgehead atoms. The second kappa shape index (κ2) is 5.16. The van der Waals surface area contributed by atoms with Crippen molar-refractivity contribution in [2.75, 3.05) is 7.11 Å². The number of aromatic nitrogens is 2. The van der Waals surface area contributed by atoms with Crippen LogP contribution in [0.2, 0.25) is 0 Å². The number of aliphatic imine (C=N–C) groups is 1. The predicted molar refractivity (Wildman–Crippen MR) is 92.9 cm³/mol. The van der Waals surface area contributed by atoms with Gasteiger partial charge in [0, 0.05) is 22.7 Å². The number of nitrogens with one attached hydrogen (secondary N) is 2. The van der Waals surface area contributed by atoms with E-state index in [9.17, 15) is 0 Å². The minimum atomic E-state index is -0.102. The summed E-state index contributed by atoms with van der Waals surface area (Å²) in [6.45, 7) is 4.16. The number of ether oxygens (including phenoxy) is 1. The van der Waals surface area contributed by atoms with E-state index in [1.807, 2.05) is 18.2 Å².